The highest BCUT2D eigenvalue weighted by Gasteiger charge is 2.45. The molecule has 1 aromatic heterocycles. The fourth-order valence-electron chi connectivity index (χ4n) is 5.08. The van der Waals surface area contributed by atoms with Gasteiger partial charge in [-0.05, 0) is 24.1 Å². The Bertz CT molecular complexity index is 1310. The van der Waals surface area contributed by atoms with E-state index in [1.807, 2.05) is 30.3 Å². The van der Waals surface area contributed by atoms with Crippen molar-refractivity contribution in [1.29, 1.82) is 0 Å². The van der Waals surface area contributed by atoms with Gasteiger partial charge in [0.2, 0.25) is 6.29 Å². The van der Waals surface area contributed by atoms with Gasteiger partial charge in [0.05, 0.1) is 18.6 Å². The second-order valence-corrected chi connectivity index (χ2v) is 11.0. The smallest absolute Gasteiger partial charge is 0.383 e. The zero-order valence-corrected chi connectivity index (χ0v) is 24.7. The van der Waals surface area contributed by atoms with Gasteiger partial charge in [0, 0.05) is 6.07 Å². The van der Waals surface area contributed by atoms with Crippen LogP contribution in [-0.2, 0) is 11.3 Å². The van der Waals surface area contributed by atoms with Gasteiger partial charge < -0.3 is 43.8 Å². The van der Waals surface area contributed by atoms with Crippen LogP contribution in [0.2, 0.25) is 0 Å². The molecule has 4 rings (SSSR count). The van der Waals surface area contributed by atoms with Gasteiger partial charge in [-0.3, -0.25) is 0 Å². The van der Waals surface area contributed by atoms with E-state index in [0.717, 1.165) is 18.4 Å². The molecule has 2 heterocycles. The SMILES string of the molecule is CCCCCCCCCCCOc1ccc2c(OCc3ccccc3)c(O[C@H]3O[C@H](CO)[C@@H](O)[C@H](O)[C@@H]3O)c(=O)oc2c1. The predicted molar refractivity (Wildman–Crippen MR) is 160 cm³/mol. The lowest BCUT2D eigenvalue weighted by atomic mass is 9.99. The molecular formula is C33H44O10. The third-order valence-corrected chi connectivity index (χ3v) is 7.62. The Hall–Kier alpha value is -3.15. The molecule has 5 atom stereocenters. The molecule has 0 bridgehead atoms. The van der Waals surface area contributed by atoms with E-state index in [0.29, 0.717) is 17.7 Å². The summed E-state index contributed by atoms with van der Waals surface area (Å²) in [7, 11) is 0. The molecule has 10 heteroatoms. The van der Waals surface area contributed by atoms with E-state index in [9.17, 15) is 25.2 Å². The lowest BCUT2D eigenvalue weighted by molar-refractivity contribution is -0.278. The van der Waals surface area contributed by atoms with Crippen molar-refractivity contribution >= 4 is 11.0 Å². The molecule has 1 fully saturated rings. The number of hydrogen-bond donors (Lipinski definition) is 4. The summed E-state index contributed by atoms with van der Waals surface area (Å²) in [6, 6.07) is 14.4. The number of fused-ring (bicyclic) bond motifs is 1. The molecule has 0 aliphatic carbocycles. The quantitative estimate of drug-likeness (QED) is 0.129. The predicted octanol–water partition coefficient (Wildman–Crippen LogP) is 4.46. The average molecular weight is 601 g/mol. The summed E-state index contributed by atoms with van der Waals surface area (Å²) in [5, 5.41) is 40.7. The number of benzene rings is 2. The van der Waals surface area contributed by atoms with Crippen molar-refractivity contribution in [2.75, 3.05) is 13.2 Å². The summed E-state index contributed by atoms with van der Waals surface area (Å²) in [4.78, 5) is 13.2. The summed E-state index contributed by atoms with van der Waals surface area (Å²) in [5.41, 5.74) is 0.158. The first-order chi connectivity index (χ1) is 20.9. The summed E-state index contributed by atoms with van der Waals surface area (Å²) >= 11 is 0. The fourth-order valence-corrected chi connectivity index (χ4v) is 5.08. The molecule has 4 N–H and O–H groups in total. The molecule has 0 unspecified atom stereocenters. The van der Waals surface area contributed by atoms with Gasteiger partial charge in [0.1, 0.15) is 42.4 Å². The molecule has 43 heavy (non-hydrogen) atoms. The lowest BCUT2D eigenvalue weighted by Crippen LogP contribution is -2.60. The van der Waals surface area contributed by atoms with Crippen molar-refractivity contribution < 1.29 is 43.8 Å². The molecule has 0 saturated carbocycles. The molecular weight excluding hydrogens is 556 g/mol. The Morgan fingerprint density at radius 1 is 0.791 bits per heavy atom. The monoisotopic (exact) mass is 600 g/mol. The summed E-state index contributed by atoms with van der Waals surface area (Å²) < 4.78 is 28.8. The van der Waals surface area contributed by atoms with Gasteiger partial charge in [-0.25, -0.2) is 4.79 Å². The van der Waals surface area contributed by atoms with Crippen LogP contribution in [0, 0.1) is 0 Å². The normalized spacial score (nSPS) is 22.0. The molecule has 2 aromatic carbocycles. The largest absolute Gasteiger partial charge is 0.493 e. The number of ether oxygens (including phenoxy) is 4. The van der Waals surface area contributed by atoms with E-state index in [-0.39, 0.29) is 23.7 Å². The second kappa shape index (κ2) is 16.6. The van der Waals surface area contributed by atoms with Crippen LogP contribution < -0.4 is 19.8 Å². The maximum absolute atomic E-state index is 13.2. The summed E-state index contributed by atoms with van der Waals surface area (Å²) in [6.45, 7) is 2.22. The highest BCUT2D eigenvalue weighted by molar-refractivity contribution is 5.86. The molecule has 236 valence electrons. The third-order valence-electron chi connectivity index (χ3n) is 7.62. The van der Waals surface area contributed by atoms with E-state index in [1.54, 1.807) is 18.2 Å². The fraction of sp³-hybridized carbons (Fsp3) is 0.545. The van der Waals surface area contributed by atoms with E-state index in [2.05, 4.69) is 6.92 Å². The first kappa shape index (κ1) is 32.8. The maximum atomic E-state index is 13.2. The molecule has 3 aromatic rings. The van der Waals surface area contributed by atoms with Gasteiger partial charge in [0.15, 0.2) is 5.75 Å². The molecule has 1 aliphatic heterocycles. The summed E-state index contributed by atoms with van der Waals surface area (Å²) in [5.74, 6) is 0.223. The van der Waals surface area contributed by atoms with Crippen molar-refractivity contribution in [3.63, 3.8) is 0 Å². The number of hydrogen-bond acceptors (Lipinski definition) is 10. The number of rotatable bonds is 17. The van der Waals surface area contributed by atoms with Gasteiger partial charge in [-0.2, -0.15) is 0 Å². The molecule has 10 nitrogen and oxygen atoms in total. The van der Waals surface area contributed by atoms with E-state index in [4.69, 9.17) is 23.4 Å². The summed E-state index contributed by atoms with van der Waals surface area (Å²) in [6.07, 6.45) is 3.14. The first-order valence-corrected chi connectivity index (χ1v) is 15.3. The van der Waals surface area contributed by atoms with Crippen molar-refractivity contribution in [2.45, 2.75) is 102 Å². The van der Waals surface area contributed by atoms with Crippen molar-refractivity contribution in [3.05, 3.63) is 64.5 Å². The number of aliphatic hydroxyl groups is 4. The maximum Gasteiger partial charge on any atom is 0.383 e. The Balaban J connectivity index is 1.48. The molecule has 0 spiro atoms. The minimum atomic E-state index is -1.72. The van der Waals surface area contributed by atoms with Crippen LogP contribution in [0.25, 0.3) is 11.0 Å². The molecule has 0 radical (unpaired) electrons. The van der Waals surface area contributed by atoms with Crippen molar-refractivity contribution in [3.8, 4) is 17.2 Å². The number of unbranched alkanes of at least 4 members (excludes halogenated alkanes) is 8. The lowest BCUT2D eigenvalue weighted by Gasteiger charge is -2.39. The zero-order chi connectivity index (χ0) is 30.6. The Morgan fingerprint density at radius 2 is 1.49 bits per heavy atom. The van der Waals surface area contributed by atoms with Gasteiger partial charge in [0.25, 0.3) is 5.75 Å². The van der Waals surface area contributed by atoms with Crippen LogP contribution >= 0.6 is 0 Å². The third kappa shape index (κ3) is 8.93. The highest BCUT2D eigenvalue weighted by Crippen LogP contribution is 2.37. The van der Waals surface area contributed by atoms with E-state index in [1.165, 1.54) is 44.9 Å². The average Bonchev–Trinajstić information content (AvgIpc) is 3.02. The molecule has 1 saturated heterocycles. The van der Waals surface area contributed by atoms with E-state index >= 15 is 0 Å². The Morgan fingerprint density at radius 3 is 2.19 bits per heavy atom. The van der Waals surface area contributed by atoms with Crippen molar-refractivity contribution in [1.82, 2.24) is 0 Å². The standard InChI is InChI=1S/C33H44O10/c1-2-3-4-5-6-7-8-9-13-18-39-23-16-17-24-25(19-23)41-32(38)31(30(24)40-21-22-14-11-10-12-15-22)43-33-29(37)28(36)27(35)26(20-34)42-33/h10-12,14-17,19,26-29,33-37H,2-9,13,18,20-21H2,1H3/t26-,27-,28+,29+,33-/m1/s1. The topological polar surface area (TPSA) is 148 Å². The molecule has 1 aliphatic rings. The van der Waals surface area contributed by atoms with Crippen LogP contribution in [0.3, 0.4) is 0 Å². The minimum Gasteiger partial charge on any atom is -0.493 e. The second-order valence-electron chi connectivity index (χ2n) is 11.0. The van der Waals surface area contributed by atoms with E-state index < -0.39 is 42.9 Å². The van der Waals surface area contributed by atoms with Crippen LogP contribution in [0.15, 0.2) is 57.7 Å². The Kier molecular flexibility index (Phi) is 12.7. The first-order valence-electron chi connectivity index (χ1n) is 15.3. The molecule has 0 amide bonds. The minimum absolute atomic E-state index is 0.0533. The zero-order valence-electron chi connectivity index (χ0n) is 24.7. The number of aliphatic hydroxyl groups excluding tert-OH is 4. The highest BCUT2D eigenvalue weighted by atomic mass is 16.7. The van der Waals surface area contributed by atoms with Gasteiger partial charge >= 0.3 is 5.63 Å². The Labute approximate surface area is 251 Å². The van der Waals surface area contributed by atoms with Crippen LogP contribution in [0.4, 0.5) is 0 Å². The van der Waals surface area contributed by atoms with Gasteiger partial charge in [-0.15, -0.1) is 0 Å². The van der Waals surface area contributed by atoms with Crippen LogP contribution in [0.5, 0.6) is 17.2 Å². The van der Waals surface area contributed by atoms with Crippen LogP contribution in [-0.4, -0.2) is 64.3 Å². The van der Waals surface area contributed by atoms with Crippen LogP contribution in [0.1, 0.15) is 70.3 Å². The van der Waals surface area contributed by atoms with Gasteiger partial charge in [-0.1, -0.05) is 88.6 Å². The van der Waals surface area contributed by atoms with Crippen molar-refractivity contribution in [2.24, 2.45) is 0 Å².